The van der Waals surface area contributed by atoms with Crippen LogP contribution in [0.25, 0.3) is 0 Å². The van der Waals surface area contributed by atoms with E-state index in [9.17, 15) is 4.79 Å². The maximum absolute atomic E-state index is 10.7. The molecule has 0 saturated heterocycles. The second-order valence-electron chi connectivity index (χ2n) is 4.27. The van der Waals surface area contributed by atoms with E-state index in [0.717, 1.165) is 25.7 Å². The fraction of sp³-hybridized carbons (Fsp3) is 0.727. The number of hydrogen-bond acceptors (Lipinski definition) is 1. The van der Waals surface area contributed by atoms with Gasteiger partial charge in [0.15, 0.2) is 0 Å². The molecule has 1 rings (SSSR count). The minimum Gasteiger partial charge on any atom is -0.481 e. The molecule has 0 aliphatic heterocycles. The summed E-state index contributed by atoms with van der Waals surface area (Å²) in [6.07, 6.45) is 5.80. The van der Waals surface area contributed by atoms with Gasteiger partial charge in [-0.1, -0.05) is 25.5 Å². The average Bonchev–Trinajstić information content (AvgIpc) is 2.04. The minimum absolute atomic E-state index is 0.129. The zero-order chi connectivity index (χ0) is 9.84. The molecule has 74 valence electrons. The van der Waals surface area contributed by atoms with Gasteiger partial charge in [0.1, 0.15) is 0 Å². The van der Waals surface area contributed by atoms with Crippen LogP contribution in [-0.4, -0.2) is 11.1 Å². The second kappa shape index (κ2) is 4.45. The van der Waals surface area contributed by atoms with Crippen molar-refractivity contribution in [3.8, 4) is 0 Å². The molecule has 0 amide bonds. The summed E-state index contributed by atoms with van der Waals surface area (Å²) in [4.78, 5) is 10.7. The second-order valence-corrected chi connectivity index (χ2v) is 4.27. The molecule has 0 radical (unpaired) electrons. The molecule has 2 nitrogen and oxygen atoms in total. The summed E-state index contributed by atoms with van der Waals surface area (Å²) in [5, 5.41) is 8.78. The van der Waals surface area contributed by atoms with Crippen molar-refractivity contribution in [1.82, 2.24) is 0 Å². The summed E-state index contributed by atoms with van der Waals surface area (Å²) in [6, 6.07) is 0. The van der Waals surface area contributed by atoms with Crippen LogP contribution in [0.5, 0.6) is 0 Å². The lowest BCUT2D eigenvalue weighted by Crippen LogP contribution is -2.16. The number of rotatable bonds is 3. The summed E-state index contributed by atoms with van der Waals surface area (Å²) in [5.74, 6) is -0.0802. The van der Waals surface area contributed by atoms with E-state index in [1.807, 2.05) is 0 Å². The van der Waals surface area contributed by atoms with E-state index in [1.54, 1.807) is 0 Å². The summed E-state index contributed by atoms with van der Waals surface area (Å²) in [5.41, 5.74) is 1.45. The van der Waals surface area contributed by atoms with E-state index in [1.165, 1.54) is 5.57 Å². The van der Waals surface area contributed by atoms with E-state index < -0.39 is 5.97 Å². The number of carboxylic acid groups (broad SMARTS) is 1. The normalized spacial score (nSPS) is 23.0. The molecular formula is C11H18O2. The quantitative estimate of drug-likeness (QED) is 0.681. The van der Waals surface area contributed by atoms with E-state index in [-0.39, 0.29) is 5.92 Å². The van der Waals surface area contributed by atoms with E-state index in [4.69, 9.17) is 5.11 Å². The molecule has 1 aliphatic rings. The van der Waals surface area contributed by atoms with Crippen molar-refractivity contribution in [2.24, 2.45) is 11.8 Å². The predicted molar refractivity (Wildman–Crippen MR) is 52.5 cm³/mol. The lowest BCUT2D eigenvalue weighted by Gasteiger charge is -2.19. The Balaban J connectivity index is 2.43. The molecule has 1 unspecified atom stereocenters. The first kappa shape index (κ1) is 10.3. The van der Waals surface area contributed by atoms with E-state index >= 15 is 0 Å². The first-order valence-electron chi connectivity index (χ1n) is 5.00. The van der Waals surface area contributed by atoms with Crippen molar-refractivity contribution < 1.29 is 9.90 Å². The Hall–Kier alpha value is -0.790. The van der Waals surface area contributed by atoms with Gasteiger partial charge in [0.05, 0.1) is 5.92 Å². The highest BCUT2D eigenvalue weighted by atomic mass is 16.4. The third-order valence-corrected chi connectivity index (χ3v) is 2.52. The lowest BCUT2D eigenvalue weighted by atomic mass is 9.86. The molecule has 0 bridgehead atoms. The number of carboxylic acids is 1. The molecule has 0 fully saturated rings. The third-order valence-electron chi connectivity index (χ3n) is 2.52. The van der Waals surface area contributed by atoms with Crippen LogP contribution in [0.3, 0.4) is 0 Å². The highest BCUT2D eigenvalue weighted by Gasteiger charge is 2.20. The van der Waals surface area contributed by atoms with Crippen LogP contribution >= 0.6 is 0 Å². The average molecular weight is 182 g/mol. The van der Waals surface area contributed by atoms with Crippen molar-refractivity contribution in [1.29, 1.82) is 0 Å². The van der Waals surface area contributed by atoms with E-state index in [0.29, 0.717) is 5.92 Å². The molecule has 1 atom stereocenters. The summed E-state index contributed by atoms with van der Waals surface area (Å²) in [7, 11) is 0. The predicted octanol–water partition coefficient (Wildman–Crippen LogP) is 2.84. The van der Waals surface area contributed by atoms with Gasteiger partial charge in [-0.2, -0.15) is 0 Å². The highest BCUT2D eigenvalue weighted by Crippen LogP contribution is 2.27. The van der Waals surface area contributed by atoms with Crippen molar-refractivity contribution in [2.75, 3.05) is 0 Å². The van der Waals surface area contributed by atoms with Crippen LogP contribution in [0.2, 0.25) is 0 Å². The highest BCUT2D eigenvalue weighted by molar-refractivity contribution is 5.70. The van der Waals surface area contributed by atoms with Gasteiger partial charge in [0.2, 0.25) is 0 Å². The summed E-state index contributed by atoms with van der Waals surface area (Å²) >= 11 is 0. The van der Waals surface area contributed by atoms with Gasteiger partial charge in [-0.25, -0.2) is 0 Å². The Labute approximate surface area is 79.6 Å². The van der Waals surface area contributed by atoms with Gasteiger partial charge in [-0.05, 0) is 31.6 Å². The first-order valence-corrected chi connectivity index (χ1v) is 5.00. The molecule has 1 aliphatic carbocycles. The molecule has 0 spiro atoms. The molecular weight excluding hydrogens is 164 g/mol. The smallest absolute Gasteiger partial charge is 0.306 e. The van der Waals surface area contributed by atoms with Gasteiger partial charge in [-0.15, -0.1) is 0 Å². The molecule has 0 aromatic rings. The fourth-order valence-corrected chi connectivity index (χ4v) is 1.82. The van der Waals surface area contributed by atoms with Gasteiger partial charge in [-0.3, -0.25) is 4.79 Å². The maximum atomic E-state index is 10.7. The van der Waals surface area contributed by atoms with Gasteiger partial charge >= 0.3 is 5.97 Å². The molecule has 0 saturated carbocycles. The summed E-state index contributed by atoms with van der Waals surface area (Å²) < 4.78 is 0. The van der Waals surface area contributed by atoms with Crippen molar-refractivity contribution >= 4 is 5.97 Å². The maximum Gasteiger partial charge on any atom is 0.306 e. The topological polar surface area (TPSA) is 37.3 Å². The monoisotopic (exact) mass is 182 g/mol. The van der Waals surface area contributed by atoms with Crippen LogP contribution in [0.1, 0.15) is 39.5 Å². The third kappa shape index (κ3) is 3.21. The van der Waals surface area contributed by atoms with Crippen LogP contribution in [0.4, 0.5) is 0 Å². The van der Waals surface area contributed by atoms with Crippen LogP contribution in [-0.2, 0) is 4.79 Å². The Bertz CT molecular complexity index is 216. The number of aliphatic carboxylic acids is 1. The van der Waals surface area contributed by atoms with Crippen molar-refractivity contribution in [3.63, 3.8) is 0 Å². The SMILES string of the molecule is CC(C)CC1=CCC(C(=O)O)CC1. The van der Waals surface area contributed by atoms with Gasteiger partial charge < -0.3 is 5.11 Å². The molecule has 0 aromatic carbocycles. The number of hydrogen-bond donors (Lipinski definition) is 1. The Morgan fingerprint density at radius 2 is 2.38 bits per heavy atom. The first-order chi connectivity index (χ1) is 6.09. The van der Waals surface area contributed by atoms with Crippen LogP contribution in [0, 0.1) is 11.8 Å². The molecule has 0 heterocycles. The van der Waals surface area contributed by atoms with Crippen molar-refractivity contribution in [2.45, 2.75) is 39.5 Å². The molecule has 2 heteroatoms. The number of allylic oxidation sites excluding steroid dienone is 2. The molecule has 0 aromatic heterocycles. The van der Waals surface area contributed by atoms with E-state index in [2.05, 4.69) is 19.9 Å². The largest absolute Gasteiger partial charge is 0.481 e. The summed E-state index contributed by atoms with van der Waals surface area (Å²) in [6.45, 7) is 4.40. The zero-order valence-corrected chi connectivity index (χ0v) is 8.42. The van der Waals surface area contributed by atoms with Crippen LogP contribution in [0.15, 0.2) is 11.6 Å². The van der Waals surface area contributed by atoms with Gasteiger partial charge in [0.25, 0.3) is 0 Å². The minimum atomic E-state index is -0.639. The Morgan fingerprint density at radius 3 is 2.77 bits per heavy atom. The Kier molecular flexibility index (Phi) is 3.52. The van der Waals surface area contributed by atoms with Gasteiger partial charge in [0, 0.05) is 0 Å². The Morgan fingerprint density at radius 1 is 1.69 bits per heavy atom. The standard InChI is InChI=1S/C11H18O2/c1-8(2)7-9-3-5-10(6-4-9)11(12)13/h3,8,10H,4-7H2,1-2H3,(H,12,13). The van der Waals surface area contributed by atoms with Crippen LogP contribution < -0.4 is 0 Å². The molecule has 13 heavy (non-hydrogen) atoms. The molecule has 1 N–H and O–H groups in total. The van der Waals surface area contributed by atoms with Crippen molar-refractivity contribution in [3.05, 3.63) is 11.6 Å². The lowest BCUT2D eigenvalue weighted by molar-refractivity contribution is -0.141. The number of carbonyl (C=O) groups is 1. The zero-order valence-electron chi connectivity index (χ0n) is 8.42. The fourth-order valence-electron chi connectivity index (χ4n) is 1.82.